The van der Waals surface area contributed by atoms with Crippen molar-refractivity contribution in [3.63, 3.8) is 0 Å². The van der Waals surface area contributed by atoms with Crippen molar-refractivity contribution < 1.29 is 9.84 Å². The molecule has 0 bridgehead atoms. The van der Waals surface area contributed by atoms with Gasteiger partial charge in [-0.05, 0) is 50.9 Å². The number of hydrogen-bond acceptors (Lipinski definition) is 3. The molecule has 0 spiro atoms. The summed E-state index contributed by atoms with van der Waals surface area (Å²) in [4.78, 5) is 0. The molecule has 1 saturated carbocycles. The summed E-state index contributed by atoms with van der Waals surface area (Å²) < 4.78 is 5.93. The fourth-order valence-electron chi connectivity index (χ4n) is 2.85. The van der Waals surface area contributed by atoms with Gasteiger partial charge in [-0.1, -0.05) is 31.4 Å². The second-order valence-electron chi connectivity index (χ2n) is 6.08. The molecule has 0 saturated heterocycles. The Labute approximate surface area is 132 Å². The quantitative estimate of drug-likeness (QED) is 0.797. The van der Waals surface area contributed by atoms with Crippen LogP contribution in [0, 0.1) is 0 Å². The number of benzene rings is 1. The topological polar surface area (TPSA) is 41.5 Å². The second kappa shape index (κ2) is 7.48. The predicted molar refractivity (Wildman–Crippen MR) is 87.1 cm³/mol. The number of nitrogens with one attached hydrogen (secondary N) is 1. The first kappa shape index (κ1) is 16.6. The number of ether oxygens (including phenoxy) is 1. The van der Waals surface area contributed by atoms with E-state index in [4.69, 9.17) is 16.3 Å². The highest BCUT2D eigenvalue weighted by Crippen LogP contribution is 2.33. The molecule has 0 heterocycles. The molecule has 3 nitrogen and oxygen atoms in total. The maximum atomic E-state index is 10.4. The molecule has 1 aromatic rings. The molecule has 1 aromatic carbocycles. The Morgan fingerprint density at radius 3 is 2.76 bits per heavy atom. The molecule has 1 unspecified atom stereocenters. The Hall–Kier alpha value is -0.770. The molecule has 0 aromatic heterocycles. The van der Waals surface area contributed by atoms with Crippen LogP contribution in [0.15, 0.2) is 18.2 Å². The van der Waals surface area contributed by atoms with Gasteiger partial charge in [0.15, 0.2) is 0 Å². The molecule has 118 valence electrons. The molecule has 2 rings (SSSR count). The van der Waals surface area contributed by atoms with Gasteiger partial charge in [0.05, 0.1) is 5.60 Å². The second-order valence-corrected chi connectivity index (χ2v) is 6.51. The van der Waals surface area contributed by atoms with Crippen LogP contribution in [0.1, 0.15) is 57.6 Å². The highest BCUT2D eigenvalue weighted by Gasteiger charge is 2.32. The van der Waals surface area contributed by atoms with Gasteiger partial charge < -0.3 is 15.2 Å². The minimum Gasteiger partial charge on any atom is -0.490 e. The molecule has 1 aliphatic rings. The first-order valence-corrected chi connectivity index (χ1v) is 8.30. The molecule has 0 radical (unpaired) electrons. The third kappa shape index (κ3) is 4.60. The standard InChI is InChI=1S/C17H26ClNO2/c1-3-10-19-13(2)15-11-14(18)6-7-16(15)21-12-17(20)8-4-5-9-17/h6-7,11,13,19-20H,3-5,8-10,12H2,1-2H3. The van der Waals surface area contributed by atoms with Gasteiger partial charge in [0.1, 0.15) is 12.4 Å². The van der Waals surface area contributed by atoms with E-state index in [1.54, 1.807) is 0 Å². The summed E-state index contributed by atoms with van der Waals surface area (Å²) in [5, 5.41) is 14.6. The van der Waals surface area contributed by atoms with Gasteiger partial charge in [0.2, 0.25) is 0 Å². The largest absolute Gasteiger partial charge is 0.490 e. The summed E-state index contributed by atoms with van der Waals surface area (Å²) in [7, 11) is 0. The number of aliphatic hydroxyl groups is 1. The Balaban J connectivity index is 2.07. The molecule has 1 atom stereocenters. The van der Waals surface area contributed by atoms with Crippen LogP contribution in [0.4, 0.5) is 0 Å². The van der Waals surface area contributed by atoms with Gasteiger partial charge >= 0.3 is 0 Å². The number of hydrogen-bond donors (Lipinski definition) is 2. The Bertz CT molecular complexity index is 458. The number of rotatable bonds is 7. The van der Waals surface area contributed by atoms with Gasteiger partial charge in [0, 0.05) is 16.6 Å². The summed E-state index contributed by atoms with van der Waals surface area (Å²) in [6.07, 6.45) is 4.92. The van der Waals surface area contributed by atoms with E-state index in [-0.39, 0.29) is 6.04 Å². The van der Waals surface area contributed by atoms with E-state index in [1.807, 2.05) is 18.2 Å². The Morgan fingerprint density at radius 2 is 2.10 bits per heavy atom. The molecule has 0 aliphatic heterocycles. The third-order valence-electron chi connectivity index (χ3n) is 4.17. The zero-order chi connectivity index (χ0) is 15.3. The van der Waals surface area contributed by atoms with Crippen molar-refractivity contribution in [2.75, 3.05) is 13.2 Å². The lowest BCUT2D eigenvalue weighted by Gasteiger charge is -2.24. The maximum Gasteiger partial charge on any atom is 0.124 e. The van der Waals surface area contributed by atoms with E-state index in [0.717, 1.165) is 50.0 Å². The highest BCUT2D eigenvalue weighted by atomic mass is 35.5. The maximum absolute atomic E-state index is 10.4. The smallest absolute Gasteiger partial charge is 0.124 e. The summed E-state index contributed by atoms with van der Waals surface area (Å²) >= 11 is 6.12. The molecular formula is C17H26ClNO2. The van der Waals surface area contributed by atoms with Gasteiger partial charge in [-0.3, -0.25) is 0 Å². The van der Waals surface area contributed by atoms with E-state index in [9.17, 15) is 5.11 Å². The fraction of sp³-hybridized carbons (Fsp3) is 0.647. The Kier molecular flexibility index (Phi) is 5.91. The van der Waals surface area contributed by atoms with Crippen molar-refractivity contribution in [2.45, 2.75) is 57.6 Å². The van der Waals surface area contributed by atoms with Gasteiger partial charge in [-0.15, -0.1) is 0 Å². The van der Waals surface area contributed by atoms with Crippen LogP contribution >= 0.6 is 11.6 Å². The van der Waals surface area contributed by atoms with E-state index in [1.165, 1.54) is 0 Å². The third-order valence-corrected chi connectivity index (χ3v) is 4.40. The van der Waals surface area contributed by atoms with Crippen LogP contribution < -0.4 is 10.1 Å². The highest BCUT2D eigenvalue weighted by molar-refractivity contribution is 6.30. The lowest BCUT2D eigenvalue weighted by Crippen LogP contribution is -2.32. The SMILES string of the molecule is CCCNC(C)c1cc(Cl)ccc1OCC1(O)CCCC1. The summed E-state index contributed by atoms with van der Waals surface area (Å²) in [5.74, 6) is 0.816. The van der Waals surface area contributed by atoms with Gasteiger partial charge in [-0.25, -0.2) is 0 Å². The molecule has 2 N–H and O–H groups in total. The minimum absolute atomic E-state index is 0.178. The number of halogens is 1. The lowest BCUT2D eigenvalue weighted by molar-refractivity contribution is 0.00101. The van der Waals surface area contributed by atoms with Crippen molar-refractivity contribution in [3.8, 4) is 5.75 Å². The van der Waals surface area contributed by atoms with Crippen LogP contribution in [0.25, 0.3) is 0 Å². The first-order chi connectivity index (χ1) is 10.0. The van der Waals surface area contributed by atoms with E-state index < -0.39 is 5.60 Å². The average Bonchev–Trinajstić information content (AvgIpc) is 2.90. The summed E-state index contributed by atoms with van der Waals surface area (Å²) in [6.45, 7) is 5.57. The van der Waals surface area contributed by atoms with Crippen molar-refractivity contribution in [1.82, 2.24) is 5.32 Å². The van der Waals surface area contributed by atoms with Crippen molar-refractivity contribution in [3.05, 3.63) is 28.8 Å². The fourth-order valence-corrected chi connectivity index (χ4v) is 3.03. The zero-order valence-electron chi connectivity index (χ0n) is 13.0. The molecule has 1 fully saturated rings. The van der Waals surface area contributed by atoms with Crippen LogP contribution in [-0.4, -0.2) is 23.9 Å². The molecular weight excluding hydrogens is 286 g/mol. The van der Waals surface area contributed by atoms with Crippen LogP contribution in [0.5, 0.6) is 5.75 Å². The zero-order valence-corrected chi connectivity index (χ0v) is 13.7. The van der Waals surface area contributed by atoms with Gasteiger partial charge in [-0.2, -0.15) is 0 Å². The van der Waals surface area contributed by atoms with E-state index in [2.05, 4.69) is 19.2 Å². The van der Waals surface area contributed by atoms with Crippen molar-refractivity contribution in [1.29, 1.82) is 0 Å². The molecule has 0 amide bonds. The van der Waals surface area contributed by atoms with E-state index >= 15 is 0 Å². The lowest BCUT2D eigenvalue weighted by atomic mass is 10.0. The Morgan fingerprint density at radius 1 is 1.38 bits per heavy atom. The van der Waals surface area contributed by atoms with Crippen molar-refractivity contribution >= 4 is 11.6 Å². The average molecular weight is 312 g/mol. The molecule has 21 heavy (non-hydrogen) atoms. The van der Waals surface area contributed by atoms with Crippen molar-refractivity contribution in [2.24, 2.45) is 0 Å². The minimum atomic E-state index is -0.656. The molecule has 4 heteroatoms. The molecule has 1 aliphatic carbocycles. The van der Waals surface area contributed by atoms with Crippen LogP contribution in [0.3, 0.4) is 0 Å². The predicted octanol–water partition coefficient (Wildman–Crippen LogP) is 4.08. The van der Waals surface area contributed by atoms with Crippen LogP contribution in [0.2, 0.25) is 5.02 Å². The van der Waals surface area contributed by atoms with Crippen LogP contribution in [-0.2, 0) is 0 Å². The van der Waals surface area contributed by atoms with Gasteiger partial charge in [0.25, 0.3) is 0 Å². The summed E-state index contributed by atoms with van der Waals surface area (Å²) in [5.41, 5.74) is 0.398. The monoisotopic (exact) mass is 311 g/mol. The normalized spacial score (nSPS) is 18.7. The van der Waals surface area contributed by atoms with E-state index in [0.29, 0.717) is 11.6 Å². The first-order valence-electron chi connectivity index (χ1n) is 7.92. The summed E-state index contributed by atoms with van der Waals surface area (Å²) in [6, 6.07) is 5.87.